The summed E-state index contributed by atoms with van der Waals surface area (Å²) >= 11 is 0. The molecule has 0 aliphatic carbocycles. The van der Waals surface area contributed by atoms with Gasteiger partial charge in [0.25, 0.3) is 0 Å². The molecule has 0 radical (unpaired) electrons. The van der Waals surface area contributed by atoms with E-state index in [9.17, 15) is 14.4 Å². The number of cyclic esters (lactones) is 1. The molecular weight excluding hydrogens is 909 g/mol. The fraction of sp³-hybridized carbons (Fsp3) is 0.830. The second-order valence-electron chi connectivity index (χ2n) is 20.8. The van der Waals surface area contributed by atoms with Gasteiger partial charge in [-0.25, -0.2) is 4.79 Å². The van der Waals surface area contributed by atoms with Gasteiger partial charge in [0.1, 0.15) is 11.7 Å². The number of nitrogens with zero attached hydrogens (tertiary/aromatic N) is 1. The first kappa shape index (κ1) is 60.2. The van der Waals surface area contributed by atoms with Crippen molar-refractivity contribution in [2.75, 3.05) is 26.2 Å². The van der Waals surface area contributed by atoms with E-state index in [4.69, 9.17) is 32.2 Å². The lowest BCUT2D eigenvalue weighted by atomic mass is 9.88. The van der Waals surface area contributed by atoms with E-state index >= 15 is 0 Å². The first-order valence-electron chi connectivity index (χ1n) is 27.0. The standard InChI is InChI=1S/C53H98N2O10Si3/c1-17-45(64-67(21-5,22-6)23-7)42(13)50-46(59-50)39-52(15,65-68(24-8,25-9)26-10)32-27-28-40(11)49-41(12)29-30-47(60-51(58)55-36-34-54-35-37-55)53(16,62-43(14)56)33-31-44(38-48(57)61-49)63-66(18-2,19-3)20-4/h27-30,32,41-42,44-47,49-50,54H,17-26,31,33-39H2,1-16H3/b30-29+,32-27+,40-28+/t41-,42+,44+,45-,46+,47-,49+,50+,52-,53+/m0/s1. The molecule has 15 heteroatoms. The maximum atomic E-state index is 14.2. The minimum atomic E-state index is -2.19. The average molecular weight is 1010 g/mol. The van der Waals surface area contributed by atoms with Crippen molar-refractivity contribution in [1.82, 2.24) is 10.2 Å². The largest absolute Gasteiger partial charge is 0.457 e. The molecule has 2 fully saturated rings. The summed E-state index contributed by atoms with van der Waals surface area (Å²) in [5.74, 6) is -0.875. The van der Waals surface area contributed by atoms with Crippen molar-refractivity contribution < 1.29 is 46.6 Å². The number of hydrogen-bond acceptors (Lipinski definition) is 11. The minimum Gasteiger partial charge on any atom is -0.457 e. The van der Waals surface area contributed by atoms with E-state index in [2.05, 4.69) is 101 Å². The van der Waals surface area contributed by atoms with Crippen molar-refractivity contribution in [2.24, 2.45) is 11.8 Å². The molecule has 3 aliphatic rings. The lowest BCUT2D eigenvalue weighted by molar-refractivity contribution is -0.168. The predicted molar refractivity (Wildman–Crippen MR) is 283 cm³/mol. The number of piperazine rings is 1. The van der Waals surface area contributed by atoms with Crippen LogP contribution in [0.2, 0.25) is 54.4 Å². The van der Waals surface area contributed by atoms with E-state index < -0.39 is 66.5 Å². The summed E-state index contributed by atoms with van der Waals surface area (Å²) in [6.07, 6.45) is 10.4. The van der Waals surface area contributed by atoms with Gasteiger partial charge >= 0.3 is 18.0 Å². The van der Waals surface area contributed by atoms with E-state index in [1.54, 1.807) is 4.90 Å². The Morgan fingerprint density at radius 2 is 1.47 bits per heavy atom. The van der Waals surface area contributed by atoms with Crippen LogP contribution in [0.5, 0.6) is 0 Å². The van der Waals surface area contributed by atoms with Crippen LogP contribution < -0.4 is 5.32 Å². The first-order valence-corrected chi connectivity index (χ1v) is 34.6. The van der Waals surface area contributed by atoms with Crippen molar-refractivity contribution in [3.63, 3.8) is 0 Å². The van der Waals surface area contributed by atoms with Crippen molar-refractivity contribution in [2.45, 2.75) is 245 Å². The van der Waals surface area contributed by atoms with Crippen LogP contribution in [0.15, 0.2) is 36.0 Å². The Bertz CT molecular complexity index is 1640. The zero-order valence-electron chi connectivity index (χ0n) is 45.8. The number of amides is 1. The first-order chi connectivity index (χ1) is 32.2. The van der Waals surface area contributed by atoms with Crippen LogP contribution in [0.25, 0.3) is 0 Å². The Labute approximate surface area is 417 Å². The van der Waals surface area contributed by atoms with Gasteiger partial charge in [0.2, 0.25) is 0 Å². The van der Waals surface area contributed by atoms with Gasteiger partial charge < -0.3 is 42.4 Å². The second-order valence-corrected chi connectivity index (χ2v) is 34.9. The summed E-state index contributed by atoms with van der Waals surface area (Å²) in [5, 5.41) is 3.29. The third-order valence-electron chi connectivity index (χ3n) is 16.3. The summed E-state index contributed by atoms with van der Waals surface area (Å²) in [6.45, 7) is 36.5. The molecule has 0 aromatic heterocycles. The van der Waals surface area contributed by atoms with E-state index in [-0.39, 0.29) is 42.5 Å². The maximum Gasteiger partial charge on any atom is 0.410 e. The van der Waals surface area contributed by atoms with Crippen LogP contribution in [0.1, 0.15) is 143 Å². The van der Waals surface area contributed by atoms with Gasteiger partial charge in [-0.2, -0.15) is 0 Å². The lowest BCUT2D eigenvalue weighted by Gasteiger charge is -2.39. The normalized spacial score (nSPS) is 28.1. The number of ether oxygens (including phenoxy) is 4. The number of rotatable bonds is 25. The van der Waals surface area contributed by atoms with Crippen molar-refractivity contribution in [1.29, 1.82) is 0 Å². The summed E-state index contributed by atoms with van der Waals surface area (Å²) < 4.78 is 46.9. The second kappa shape index (κ2) is 27.6. The zero-order chi connectivity index (χ0) is 50.9. The number of esters is 2. The molecule has 1 amide bonds. The third kappa shape index (κ3) is 16.7. The maximum absolute atomic E-state index is 14.2. The van der Waals surface area contributed by atoms with Gasteiger partial charge in [0, 0.05) is 57.5 Å². The van der Waals surface area contributed by atoms with Gasteiger partial charge in [-0.3, -0.25) is 9.59 Å². The Morgan fingerprint density at radius 1 is 0.897 bits per heavy atom. The van der Waals surface area contributed by atoms with Crippen LogP contribution in [0, 0.1) is 11.8 Å². The molecule has 0 aromatic rings. The number of carbonyl (C=O) groups is 3. The SMILES string of the molecule is CC[C@H](O[Si](CC)(CC)CC)[C@@H](C)[C@H]1O[C@@H]1C[C@](C)(/C=C/C=C(\C)[C@H]1OC(=O)C[C@H](O[Si](CC)(CC)CC)CC[C@@](C)(OC(C)=O)[C@@H](OC(=O)N2CCNCC2)/C=C/[C@@H]1C)O[Si](CC)(CC)CC. The van der Waals surface area contributed by atoms with Gasteiger partial charge in [0.15, 0.2) is 31.1 Å². The fourth-order valence-electron chi connectivity index (χ4n) is 10.7. The van der Waals surface area contributed by atoms with Crippen molar-refractivity contribution in [3.05, 3.63) is 36.0 Å². The molecule has 2 saturated heterocycles. The molecule has 10 atom stereocenters. The van der Waals surface area contributed by atoms with Gasteiger partial charge in [0.05, 0.1) is 30.3 Å². The van der Waals surface area contributed by atoms with Crippen molar-refractivity contribution >= 4 is 43.0 Å². The van der Waals surface area contributed by atoms with Crippen LogP contribution >= 0.6 is 0 Å². The van der Waals surface area contributed by atoms with Crippen molar-refractivity contribution in [3.8, 4) is 0 Å². The molecule has 0 bridgehead atoms. The minimum absolute atomic E-state index is 0.0548. The number of epoxide rings is 1. The molecule has 3 rings (SSSR count). The van der Waals surface area contributed by atoms with Gasteiger partial charge in [-0.05, 0) is 106 Å². The molecule has 1 N–H and O–H groups in total. The zero-order valence-corrected chi connectivity index (χ0v) is 48.8. The number of carbonyl (C=O) groups excluding carboxylic acids is 3. The number of nitrogens with one attached hydrogen (secondary N) is 1. The summed E-state index contributed by atoms with van der Waals surface area (Å²) in [4.78, 5) is 42.4. The fourth-order valence-corrected chi connectivity index (χ4v) is 19.7. The Balaban J connectivity index is 2.07. The third-order valence-corrected chi connectivity index (χ3v) is 30.5. The molecule has 12 nitrogen and oxygen atoms in total. The molecule has 0 saturated carbocycles. The highest BCUT2D eigenvalue weighted by Gasteiger charge is 2.51. The molecule has 392 valence electrons. The van der Waals surface area contributed by atoms with Gasteiger partial charge in [-0.1, -0.05) is 107 Å². The quantitative estimate of drug-likeness (QED) is 0.0234. The molecule has 3 aliphatic heterocycles. The predicted octanol–water partition coefficient (Wildman–Crippen LogP) is 12.3. The van der Waals surface area contributed by atoms with Crippen LogP contribution in [-0.4, -0.2) is 122 Å². The van der Waals surface area contributed by atoms with E-state index in [1.165, 1.54) is 6.92 Å². The molecule has 0 spiro atoms. The van der Waals surface area contributed by atoms with E-state index in [0.29, 0.717) is 39.0 Å². The topological polar surface area (TPSA) is 134 Å². The van der Waals surface area contributed by atoms with E-state index in [1.807, 2.05) is 39.0 Å². The highest BCUT2D eigenvalue weighted by Crippen LogP contribution is 2.43. The molecular formula is C53H98N2O10Si3. The Hall–Kier alpha value is -2.12. The number of hydrogen-bond donors (Lipinski definition) is 1. The van der Waals surface area contributed by atoms with Crippen LogP contribution in [0.4, 0.5) is 4.79 Å². The van der Waals surface area contributed by atoms with Crippen LogP contribution in [-0.2, 0) is 41.8 Å². The Morgan fingerprint density at radius 3 is 2.00 bits per heavy atom. The molecule has 68 heavy (non-hydrogen) atoms. The average Bonchev–Trinajstić information content (AvgIpc) is 4.10. The van der Waals surface area contributed by atoms with Gasteiger partial charge in [-0.15, -0.1) is 0 Å². The van der Waals surface area contributed by atoms with Crippen LogP contribution in [0.3, 0.4) is 0 Å². The lowest BCUT2D eigenvalue weighted by Crippen LogP contribution is -2.51. The molecule has 0 aromatic carbocycles. The van der Waals surface area contributed by atoms with E-state index in [0.717, 1.165) is 72.8 Å². The monoisotopic (exact) mass is 1010 g/mol. The highest BCUT2D eigenvalue weighted by atomic mass is 28.4. The summed E-state index contributed by atoms with van der Waals surface area (Å²) in [5.41, 5.74) is -0.957. The summed E-state index contributed by atoms with van der Waals surface area (Å²) in [6, 6.07) is 9.21. The molecule has 0 unspecified atom stereocenters. The molecule has 3 heterocycles. The number of allylic oxidation sites excluding steroid dienone is 2. The smallest absolute Gasteiger partial charge is 0.410 e. The summed E-state index contributed by atoms with van der Waals surface area (Å²) in [7, 11) is -6.05. The highest BCUT2D eigenvalue weighted by molar-refractivity contribution is 6.74. The Kier molecular flexibility index (Phi) is 24.5.